The molecule has 0 amide bonds. The zero-order chi connectivity index (χ0) is 14.0. The number of hydrogen-bond donors (Lipinski definition) is 0. The fourth-order valence-electron chi connectivity index (χ4n) is 2.08. The molecule has 98 valence electrons. The van der Waals surface area contributed by atoms with E-state index >= 15 is 0 Å². The molecule has 19 heavy (non-hydrogen) atoms. The Kier molecular flexibility index (Phi) is 3.52. The largest absolute Gasteiger partial charge is 0.289 e. The van der Waals surface area contributed by atoms with Crippen molar-refractivity contribution in [1.82, 2.24) is 0 Å². The number of hydrogen-bond acceptors (Lipinski definition) is 1. The maximum atomic E-state index is 13.9. The van der Waals surface area contributed by atoms with Gasteiger partial charge in [-0.25, -0.2) is 4.39 Å². The molecule has 2 aromatic carbocycles. The third kappa shape index (κ3) is 2.73. The van der Waals surface area contributed by atoms with Gasteiger partial charge in [-0.2, -0.15) is 0 Å². The van der Waals surface area contributed by atoms with E-state index < -0.39 is 0 Å². The van der Waals surface area contributed by atoms with Crippen molar-refractivity contribution in [3.63, 3.8) is 0 Å². The number of rotatable bonds is 1. The molecule has 0 saturated carbocycles. The fourth-order valence-corrected chi connectivity index (χ4v) is 2.08. The Morgan fingerprint density at radius 3 is 1.95 bits per heavy atom. The Morgan fingerprint density at radius 1 is 0.842 bits per heavy atom. The second-order valence-electron chi connectivity index (χ2n) is 5.60. The molecule has 1 nitrogen and oxygen atoms in total. The molecular weight excluding hydrogens is 239 g/mol. The summed E-state index contributed by atoms with van der Waals surface area (Å²) in [6, 6.07) is 13.5. The highest BCUT2D eigenvalue weighted by molar-refractivity contribution is 5.64. The van der Waals surface area contributed by atoms with E-state index in [4.69, 9.17) is 0 Å². The molecule has 0 atom stereocenters. The third-order valence-corrected chi connectivity index (χ3v) is 3.10. The summed E-state index contributed by atoms with van der Waals surface area (Å²) >= 11 is 0. The van der Waals surface area contributed by atoms with Gasteiger partial charge in [0.25, 0.3) is 0 Å². The molecule has 0 aromatic heterocycles. The van der Waals surface area contributed by atoms with Crippen molar-refractivity contribution in [3.8, 4) is 11.1 Å². The van der Waals surface area contributed by atoms with E-state index in [1.807, 2.05) is 32.9 Å². The Bertz CT molecular complexity index is 654. The molecule has 0 aliphatic rings. The minimum Gasteiger partial charge on any atom is -0.289 e. The summed E-state index contributed by atoms with van der Waals surface area (Å²) < 4.78 is 13.9. The first kappa shape index (κ1) is 13.5. The van der Waals surface area contributed by atoms with Crippen LogP contribution in [0, 0.1) is 5.82 Å². The number of benzene rings is 1. The van der Waals surface area contributed by atoms with Gasteiger partial charge in [0.2, 0.25) is 0 Å². The normalized spacial score (nSPS) is 11.4. The molecule has 0 N–H and O–H groups in total. The van der Waals surface area contributed by atoms with Crippen LogP contribution in [0.15, 0.2) is 53.3 Å². The molecule has 0 radical (unpaired) electrons. The van der Waals surface area contributed by atoms with Gasteiger partial charge in [-0.3, -0.25) is 4.79 Å². The summed E-state index contributed by atoms with van der Waals surface area (Å²) in [6.45, 7) is 5.94. The van der Waals surface area contributed by atoms with E-state index in [9.17, 15) is 9.18 Å². The molecular formula is C17H17FO. The summed E-state index contributed by atoms with van der Waals surface area (Å²) in [5.41, 5.74) is 1.08. The van der Waals surface area contributed by atoms with Gasteiger partial charge < -0.3 is 0 Å². The highest BCUT2D eigenvalue weighted by Crippen LogP contribution is 2.23. The van der Waals surface area contributed by atoms with Crippen LogP contribution in [-0.2, 0) is 5.41 Å². The second kappa shape index (κ2) is 4.96. The van der Waals surface area contributed by atoms with Gasteiger partial charge in [0.05, 0.1) is 0 Å². The van der Waals surface area contributed by atoms with Crippen molar-refractivity contribution >= 4 is 0 Å². The van der Waals surface area contributed by atoms with Crippen LogP contribution in [0.2, 0.25) is 0 Å². The van der Waals surface area contributed by atoms with Gasteiger partial charge in [-0.1, -0.05) is 63.2 Å². The van der Waals surface area contributed by atoms with E-state index in [2.05, 4.69) is 0 Å². The molecule has 0 unspecified atom stereocenters. The lowest BCUT2D eigenvalue weighted by Gasteiger charge is -2.17. The predicted molar refractivity (Wildman–Crippen MR) is 76.8 cm³/mol. The maximum Gasteiger partial charge on any atom is 0.190 e. The maximum absolute atomic E-state index is 13.9. The Balaban J connectivity index is 2.78. The smallest absolute Gasteiger partial charge is 0.190 e. The summed E-state index contributed by atoms with van der Waals surface area (Å²) in [6.07, 6.45) is 0. The highest BCUT2D eigenvalue weighted by atomic mass is 19.1. The van der Waals surface area contributed by atoms with Crippen molar-refractivity contribution in [3.05, 3.63) is 70.1 Å². The third-order valence-electron chi connectivity index (χ3n) is 3.10. The van der Waals surface area contributed by atoms with Gasteiger partial charge in [0.15, 0.2) is 5.43 Å². The zero-order valence-corrected chi connectivity index (χ0v) is 11.4. The average Bonchev–Trinajstić information content (AvgIpc) is 2.51. The lowest BCUT2D eigenvalue weighted by Crippen LogP contribution is -2.22. The van der Waals surface area contributed by atoms with Crippen molar-refractivity contribution in [2.75, 3.05) is 0 Å². The van der Waals surface area contributed by atoms with E-state index in [1.165, 1.54) is 6.07 Å². The highest BCUT2D eigenvalue weighted by Gasteiger charge is 2.19. The van der Waals surface area contributed by atoms with Crippen LogP contribution in [0.1, 0.15) is 26.3 Å². The molecule has 0 aliphatic carbocycles. The second-order valence-corrected chi connectivity index (χ2v) is 5.60. The van der Waals surface area contributed by atoms with Crippen LogP contribution < -0.4 is 5.43 Å². The van der Waals surface area contributed by atoms with Crippen LogP contribution in [-0.4, -0.2) is 0 Å². The molecule has 0 fully saturated rings. The van der Waals surface area contributed by atoms with Crippen LogP contribution in [0.4, 0.5) is 4.39 Å². The Morgan fingerprint density at radius 2 is 1.37 bits per heavy atom. The standard InChI is InChI=1S/C17H17FO/c1-17(2,3)14-10-6-4-9-13(16(14)19)12-8-5-7-11-15(12)18/h4-11H,1-3H3. The molecule has 0 heterocycles. The lowest BCUT2D eigenvalue weighted by molar-refractivity contribution is 0.586. The van der Waals surface area contributed by atoms with E-state index in [0.29, 0.717) is 16.7 Å². The summed E-state index contributed by atoms with van der Waals surface area (Å²) in [5, 5.41) is 0. The van der Waals surface area contributed by atoms with Crippen LogP contribution in [0.25, 0.3) is 11.1 Å². The monoisotopic (exact) mass is 256 g/mol. The quantitative estimate of drug-likeness (QED) is 0.749. The molecule has 0 aliphatic heterocycles. The van der Waals surface area contributed by atoms with Gasteiger partial charge in [0, 0.05) is 16.7 Å². The first-order valence-electron chi connectivity index (χ1n) is 6.30. The first-order chi connectivity index (χ1) is 8.91. The molecule has 2 aromatic rings. The Hall–Kier alpha value is -1.96. The molecule has 0 spiro atoms. The van der Waals surface area contributed by atoms with E-state index in [0.717, 1.165) is 0 Å². The van der Waals surface area contributed by atoms with Gasteiger partial charge in [-0.05, 0) is 11.5 Å². The summed E-state index contributed by atoms with van der Waals surface area (Å²) in [7, 11) is 0. The minimum absolute atomic E-state index is 0.109. The zero-order valence-electron chi connectivity index (χ0n) is 11.4. The minimum atomic E-state index is -0.370. The summed E-state index contributed by atoms with van der Waals surface area (Å²) in [5.74, 6) is -0.370. The average molecular weight is 256 g/mol. The van der Waals surface area contributed by atoms with Gasteiger partial charge >= 0.3 is 0 Å². The van der Waals surface area contributed by atoms with Crippen molar-refractivity contribution < 1.29 is 4.39 Å². The predicted octanol–water partition coefficient (Wildman–Crippen LogP) is 4.15. The SMILES string of the molecule is CC(C)(C)c1ccccc(-c2ccccc2F)c1=O. The van der Waals surface area contributed by atoms with Crippen LogP contribution >= 0.6 is 0 Å². The van der Waals surface area contributed by atoms with Gasteiger partial charge in [-0.15, -0.1) is 0 Å². The fraction of sp³-hybridized carbons (Fsp3) is 0.235. The topological polar surface area (TPSA) is 17.1 Å². The van der Waals surface area contributed by atoms with E-state index in [1.54, 1.807) is 30.3 Å². The Labute approximate surface area is 112 Å². The van der Waals surface area contributed by atoms with Crippen molar-refractivity contribution in [2.45, 2.75) is 26.2 Å². The van der Waals surface area contributed by atoms with Gasteiger partial charge in [0.1, 0.15) is 5.82 Å². The lowest BCUT2D eigenvalue weighted by atomic mass is 9.86. The number of halogens is 1. The van der Waals surface area contributed by atoms with Crippen molar-refractivity contribution in [1.29, 1.82) is 0 Å². The molecule has 2 heteroatoms. The van der Waals surface area contributed by atoms with Crippen molar-refractivity contribution in [2.24, 2.45) is 0 Å². The molecule has 0 bridgehead atoms. The van der Waals surface area contributed by atoms with Crippen LogP contribution in [0.3, 0.4) is 0 Å². The first-order valence-corrected chi connectivity index (χ1v) is 6.30. The molecule has 2 rings (SSSR count). The van der Waals surface area contributed by atoms with Crippen LogP contribution in [0.5, 0.6) is 0 Å². The summed E-state index contributed by atoms with van der Waals surface area (Å²) in [4.78, 5) is 12.6. The molecule has 0 saturated heterocycles. The van der Waals surface area contributed by atoms with E-state index in [-0.39, 0.29) is 16.7 Å².